The predicted molar refractivity (Wildman–Crippen MR) is 70.7 cm³/mol. The van der Waals surface area contributed by atoms with Gasteiger partial charge in [0.1, 0.15) is 5.75 Å². The van der Waals surface area contributed by atoms with Crippen LogP contribution in [-0.2, 0) is 0 Å². The molecule has 0 fully saturated rings. The van der Waals surface area contributed by atoms with E-state index in [2.05, 4.69) is 10.1 Å². The number of rotatable bonds is 3. The lowest BCUT2D eigenvalue weighted by molar-refractivity contribution is 0.369. The lowest BCUT2D eigenvalue weighted by atomic mass is 10.2. The summed E-state index contributed by atoms with van der Waals surface area (Å²) in [5, 5.41) is 23.3. The number of nitrogens with two attached hydrogens (primary N) is 1. The van der Waals surface area contributed by atoms with Gasteiger partial charge >= 0.3 is 0 Å². The third kappa shape index (κ3) is 2.59. The van der Waals surface area contributed by atoms with Gasteiger partial charge in [0.05, 0.1) is 25.2 Å². The van der Waals surface area contributed by atoms with Crippen molar-refractivity contribution in [2.75, 3.05) is 12.8 Å². The minimum Gasteiger partial charge on any atom is -0.507 e. The van der Waals surface area contributed by atoms with E-state index in [0.717, 1.165) is 5.69 Å². The summed E-state index contributed by atoms with van der Waals surface area (Å²) in [6, 6.07) is 2.65. The Hall–Kier alpha value is -2.70. The number of benzene rings is 1. The molecule has 0 radical (unpaired) electrons. The summed E-state index contributed by atoms with van der Waals surface area (Å²) in [6.07, 6.45) is 3.05. The Labute approximate surface area is 109 Å². The third-order valence-corrected chi connectivity index (χ3v) is 2.48. The van der Waals surface area contributed by atoms with Gasteiger partial charge in [0.2, 0.25) is 5.95 Å². The maximum absolute atomic E-state index is 9.70. The van der Waals surface area contributed by atoms with Crippen LogP contribution in [0.25, 0.3) is 0 Å². The van der Waals surface area contributed by atoms with Crippen molar-refractivity contribution in [3.05, 3.63) is 29.6 Å². The number of ether oxygens (including phenoxy) is 1. The van der Waals surface area contributed by atoms with Gasteiger partial charge in [-0.3, -0.25) is 0 Å². The first-order chi connectivity index (χ1) is 9.01. The van der Waals surface area contributed by atoms with Gasteiger partial charge in [0.25, 0.3) is 0 Å². The Kier molecular flexibility index (Phi) is 3.28. The molecule has 2 aromatic rings. The average Bonchev–Trinajstić information content (AvgIpc) is 2.67. The van der Waals surface area contributed by atoms with Gasteiger partial charge < -0.3 is 20.7 Å². The maximum Gasteiger partial charge on any atom is 0.221 e. The molecule has 0 atom stereocenters. The highest BCUT2D eigenvalue weighted by Crippen LogP contribution is 2.32. The molecule has 0 aliphatic rings. The van der Waals surface area contributed by atoms with E-state index in [0.29, 0.717) is 5.56 Å². The Morgan fingerprint density at radius 3 is 2.68 bits per heavy atom. The molecule has 1 heterocycles. The van der Waals surface area contributed by atoms with Gasteiger partial charge in [0.15, 0.2) is 11.5 Å². The summed E-state index contributed by atoms with van der Waals surface area (Å²) in [6.45, 7) is 1.80. The second-order valence-corrected chi connectivity index (χ2v) is 3.91. The number of aryl methyl sites for hydroxylation is 1. The lowest BCUT2D eigenvalue weighted by Gasteiger charge is -2.06. The molecule has 0 bridgehead atoms. The molecule has 0 amide bonds. The zero-order chi connectivity index (χ0) is 14.0. The van der Waals surface area contributed by atoms with E-state index in [4.69, 9.17) is 10.5 Å². The first-order valence-corrected chi connectivity index (χ1v) is 5.47. The van der Waals surface area contributed by atoms with E-state index >= 15 is 0 Å². The molecule has 1 aromatic carbocycles. The van der Waals surface area contributed by atoms with Crippen LogP contribution in [0.1, 0.15) is 11.3 Å². The first kappa shape index (κ1) is 12.7. The summed E-state index contributed by atoms with van der Waals surface area (Å²) in [4.78, 5) is 3.99. The van der Waals surface area contributed by atoms with E-state index in [1.807, 2.05) is 0 Å². The van der Waals surface area contributed by atoms with Gasteiger partial charge in [-0.1, -0.05) is 0 Å². The molecule has 0 saturated carbocycles. The number of anilines is 1. The van der Waals surface area contributed by atoms with Crippen LogP contribution >= 0.6 is 0 Å². The second kappa shape index (κ2) is 4.89. The minimum atomic E-state index is -0.143. The summed E-state index contributed by atoms with van der Waals surface area (Å²) < 4.78 is 6.34. The molecule has 0 spiro atoms. The molecule has 7 heteroatoms. The van der Waals surface area contributed by atoms with Crippen LogP contribution in [0.4, 0.5) is 5.95 Å². The monoisotopic (exact) mass is 262 g/mol. The standard InChI is InChI=1S/C12H14N4O3/c1-7-6-16(12(13)15-7)14-5-8-3-11(19-2)10(18)4-9(8)17/h3-6,17-18H,1-2H3,(H2,13,15). The molecule has 1 aromatic heterocycles. The van der Waals surface area contributed by atoms with Crippen molar-refractivity contribution in [2.24, 2.45) is 5.10 Å². The summed E-state index contributed by atoms with van der Waals surface area (Å²) in [5.74, 6) is 0.237. The smallest absolute Gasteiger partial charge is 0.221 e. The molecular formula is C12H14N4O3. The van der Waals surface area contributed by atoms with Crippen molar-refractivity contribution >= 4 is 12.2 Å². The van der Waals surface area contributed by atoms with Crippen molar-refractivity contribution < 1.29 is 14.9 Å². The van der Waals surface area contributed by atoms with Crippen LogP contribution in [0.3, 0.4) is 0 Å². The fourth-order valence-electron chi connectivity index (χ4n) is 1.56. The SMILES string of the molecule is COc1cc(C=Nn2cc(C)nc2N)c(O)cc1O. The normalized spacial score (nSPS) is 11.1. The molecule has 0 aliphatic heterocycles. The van der Waals surface area contributed by atoms with Gasteiger partial charge in [-0.25, -0.2) is 9.66 Å². The van der Waals surface area contributed by atoms with E-state index < -0.39 is 0 Å². The molecule has 0 unspecified atom stereocenters. The Balaban J connectivity index is 2.35. The van der Waals surface area contributed by atoms with Crippen LogP contribution in [0.2, 0.25) is 0 Å². The van der Waals surface area contributed by atoms with Gasteiger partial charge in [-0.05, 0) is 13.0 Å². The number of phenolic OH excluding ortho intramolecular Hbond substituents is 2. The molecule has 7 nitrogen and oxygen atoms in total. The Morgan fingerprint density at radius 1 is 1.37 bits per heavy atom. The number of hydrogen-bond acceptors (Lipinski definition) is 6. The van der Waals surface area contributed by atoms with Crippen molar-refractivity contribution in [1.29, 1.82) is 0 Å². The minimum absolute atomic E-state index is 0.113. The first-order valence-electron chi connectivity index (χ1n) is 5.47. The third-order valence-electron chi connectivity index (χ3n) is 2.48. The highest BCUT2D eigenvalue weighted by molar-refractivity contribution is 5.84. The van der Waals surface area contributed by atoms with Gasteiger partial charge in [0, 0.05) is 11.6 Å². The molecule has 0 aliphatic carbocycles. The van der Waals surface area contributed by atoms with Gasteiger partial charge in [-0.2, -0.15) is 5.10 Å². The van der Waals surface area contributed by atoms with E-state index in [-0.39, 0.29) is 23.2 Å². The van der Waals surface area contributed by atoms with E-state index in [1.165, 1.54) is 30.1 Å². The second-order valence-electron chi connectivity index (χ2n) is 3.91. The fourth-order valence-corrected chi connectivity index (χ4v) is 1.56. The Bertz CT molecular complexity index is 634. The number of imidazole rings is 1. The Morgan fingerprint density at radius 2 is 2.11 bits per heavy atom. The molecule has 0 saturated heterocycles. The fraction of sp³-hybridized carbons (Fsp3) is 0.167. The van der Waals surface area contributed by atoms with Crippen molar-refractivity contribution in [3.63, 3.8) is 0 Å². The van der Waals surface area contributed by atoms with Crippen LogP contribution in [0.5, 0.6) is 17.2 Å². The molecule has 4 N–H and O–H groups in total. The zero-order valence-electron chi connectivity index (χ0n) is 10.5. The number of nitrogens with zero attached hydrogens (tertiary/aromatic N) is 3. The lowest BCUT2D eigenvalue weighted by Crippen LogP contribution is -1.97. The highest BCUT2D eigenvalue weighted by Gasteiger charge is 2.07. The number of hydrogen-bond donors (Lipinski definition) is 3. The highest BCUT2D eigenvalue weighted by atomic mass is 16.5. The van der Waals surface area contributed by atoms with Crippen molar-refractivity contribution in [2.45, 2.75) is 6.92 Å². The number of methoxy groups -OCH3 is 1. The quantitative estimate of drug-likeness (QED) is 0.717. The molecule has 100 valence electrons. The number of aromatic nitrogens is 2. The number of nitrogen functional groups attached to an aromatic ring is 1. The van der Waals surface area contributed by atoms with Crippen LogP contribution in [-0.4, -0.2) is 33.2 Å². The van der Waals surface area contributed by atoms with Gasteiger partial charge in [-0.15, -0.1) is 0 Å². The van der Waals surface area contributed by atoms with Crippen LogP contribution < -0.4 is 10.5 Å². The van der Waals surface area contributed by atoms with Crippen LogP contribution in [0.15, 0.2) is 23.4 Å². The predicted octanol–water partition coefficient (Wildman–Crippen LogP) is 1.08. The number of phenols is 2. The zero-order valence-corrected chi connectivity index (χ0v) is 10.5. The van der Waals surface area contributed by atoms with E-state index in [9.17, 15) is 10.2 Å². The van der Waals surface area contributed by atoms with Crippen molar-refractivity contribution in [1.82, 2.24) is 9.66 Å². The summed E-state index contributed by atoms with van der Waals surface area (Å²) in [7, 11) is 1.42. The summed E-state index contributed by atoms with van der Waals surface area (Å²) >= 11 is 0. The molecule has 2 rings (SSSR count). The number of aromatic hydroxyl groups is 2. The topological polar surface area (TPSA) is 106 Å². The van der Waals surface area contributed by atoms with Crippen LogP contribution in [0, 0.1) is 6.92 Å². The maximum atomic E-state index is 9.70. The molecule has 19 heavy (non-hydrogen) atoms. The summed E-state index contributed by atoms with van der Waals surface area (Å²) in [5.41, 5.74) is 6.76. The van der Waals surface area contributed by atoms with Crippen molar-refractivity contribution in [3.8, 4) is 17.2 Å². The largest absolute Gasteiger partial charge is 0.507 e. The average molecular weight is 262 g/mol. The molecular weight excluding hydrogens is 248 g/mol. The van der Waals surface area contributed by atoms with E-state index in [1.54, 1.807) is 13.1 Å².